The molecule has 0 bridgehead atoms. The normalized spacial score (nSPS) is 17.6. The smallest absolute Gasteiger partial charge is 0.188 e. The van der Waals surface area contributed by atoms with Gasteiger partial charge in [-0.3, -0.25) is 0 Å². The van der Waals surface area contributed by atoms with Crippen molar-refractivity contribution >= 4 is 11.8 Å². The molecule has 0 amide bonds. The predicted octanol–water partition coefficient (Wildman–Crippen LogP) is 8.41. The lowest BCUT2D eigenvalue weighted by molar-refractivity contribution is 0.0505. The van der Waals surface area contributed by atoms with Gasteiger partial charge in [0, 0.05) is 31.6 Å². The number of methoxy groups -OCH3 is 2. The number of aryl methyl sites for hydroxylation is 1. The van der Waals surface area contributed by atoms with Crippen LogP contribution >= 0.6 is 11.8 Å². The molecule has 0 spiro atoms. The van der Waals surface area contributed by atoms with E-state index in [9.17, 15) is 0 Å². The molecule has 234 valence electrons. The molecule has 3 aromatic rings. The Morgan fingerprint density at radius 2 is 1.44 bits per heavy atom. The zero-order chi connectivity index (χ0) is 30.3. The van der Waals surface area contributed by atoms with Crippen LogP contribution in [0.1, 0.15) is 68.6 Å². The Bertz CT molecular complexity index is 1220. The highest BCUT2D eigenvalue weighted by molar-refractivity contribution is 7.99. The molecule has 3 aromatic carbocycles. The number of thioether (sulfide) groups is 1. The molecule has 0 fully saturated rings. The highest BCUT2D eigenvalue weighted by Gasteiger charge is 2.42. The SMILES string of the molecule is CCCCSCCCc1ccc(OCCCC2c3ccc(OCOC)cc3OCC2(C)c2ccc(OCOC)cc2)cc1. The molecule has 1 aliphatic heterocycles. The number of ether oxygens (including phenoxy) is 6. The minimum atomic E-state index is -0.224. The van der Waals surface area contributed by atoms with Crippen molar-refractivity contribution in [1.82, 2.24) is 0 Å². The van der Waals surface area contributed by atoms with E-state index in [1.165, 1.54) is 47.5 Å². The highest BCUT2D eigenvalue weighted by atomic mass is 32.2. The zero-order valence-electron chi connectivity index (χ0n) is 26.3. The monoisotopic (exact) mass is 608 g/mol. The van der Waals surface area contributed by atoms with Gasteiger partial charge in [0.15, 0.2) is 13.6 Å². The van der Waals surface area contributed by atoms with Crippen molar-refractivity contribution in [3.05, 3.63) is 83.4 Å². The molecule has 0 saturated heterocycles. The van der Waals surface area contributed by atoms with Crippen molar-refractivity contribution in [1.29, 1.82) is 0 Å². The Balaban J connectivity index is 1.39. The summed E-state index contributed by atoms with van der Waals surface area (Å²) in [5, 5.41) is 0. The quantitative estimate of drug-likeness (QED) is 0.100. The first-order valence-corrected chi connectivity index (χ1v) is 16.6. The molecule has 1 aliphatic rings. The summed E-state index contributed by atoms with van der Waals surface area (Å²) in [6.07, 6.45) is 6.83. The second-order valence-corrected chi connectivity index (χ2v) is 12.5. The van der Waals surface area contributed by atoms with Crippen molar-refractivity contribution < 1.29 is 28.4 Å². The molecule has 4 rings (SSSR count). The molecule has 0 N–H and O–H groups in total. The molecule has 2 atom stereocenters. The van der Waals surface area contributed by atoms with Crippen LogP contribution < -0.4 is 18.9 Å². The van der Waals surface area contributed by atoms with Crippen LogP contribution in [0.2, 0.25) is 0 Å². The number of rotatable bonds is 19. The van der Waals surface area contributed by atoms with Gasteiger partial charge in [-0.05, 0) is 90.6 Å². The fourth-order valence-electron chi connectivity index (χ4n) is 5.59. The summed E-state index contributed by atoms with van der Waals surface area (Å²) < 4.78 is 34.0. The van der Waals surface area contributed by atoms with Crippen LogP contribution in [0.25, 0.3) is 0 Å². The van der Waals surface area contributed by atoms with Crippen molar-refractivity contribution in [2.45, 2.75) is 63.7 Å². The van der Waals surface area contributed by atoms with Gasteiger partial charge >= 0.3 is 0 Å². The average molecular weight is 609 g/mol. The van der Waals surface area contributed by atoms with Gasteiger partial charge in [-0.2, -0.15) is 11.8 Å². The van der Waals surface area contributed by atoms with Gasteiger partial charge < -0.3 is 28.4 Å². The lowest BCUT2D eigenvalue weighted by Gasteiger charge is -2.43. The summed E-state index contributed by atoms with van der Waals surface area (Å²) in [6, 6.07) is 23.1. The van der Waals surface area contributed by atoms with Crippen LogP contribution in [0, 0.1) is 0 Å². The molecule has 6 nitrogen and oxygen atoms in total. The van der Waals surface area contributed by atoms with Gasteiger partial charge in [0.25, 0.3) is 0 Å². The average Bonchev–Trinajstić information content (AvgIpc) is 3.04. The summed E-state index contributed by atoms with van der Waals surface area (Å²) in [4.78, 5) is 0. The lowest BCUT2D eigenvalue weighted by Crippen LogP contribution is -2.40. The Hall–Kier alpha value is -2.87. The fourth-order valence-corrected chi connectivity index (χ4v) is 6.64. The van der Waals surface area contributed by atoms with E-state index < -0.39 is 0 Å². The standard InChI is InChI=1S/C36H48O6S/c1-5-6-22-43-23-8-9-28-11-15-30(16-12-28)39-21-7-10-34-33-20-19-32(42-27-38-4)24-35(33)40-25-36(34,2)29-13-17-31(18-14-29)41-26-37-3/h11-20,24,34H,5-10,21-23,25-27H2,1-4H3. The third kappa shape index (κ3) is 9.56. The van der Waals surface area contributed by atoms with Crippen LogP contribution in [0.5, 0.6) is 23.0 Å². The molecule has 7 heteroatoms. The Labute approximate surface area is 262 Å². The van der Waals surface area contributed by atoms with Crippen molar-refractivity contribution in [2.24, 2.45) is 0 Å². The highest BCUT2D eigenvalue weighted by Crippen LogP contribution is 2.49. The second-order valence-electron chi connectivity index (χ2n) is 11.3. The minimum absolute atomic E-state index is 0.202. The first kappa shape index (κ1) is 33.0. The van der Waals surface area contributed by atoms with Crippen LogP contribution in [-0.4, -0.2) is 52.5 Å². The maximum Gasteiger partial charge on any atom is 0.188 e. The minimum Gasteiger partial charge on any atom is -0.494 e. The van der Waals surface area contributed by atoms with Gasteiger partial charge in [-0.1, -0.05) is 50.6 Å². The molecule has 0 saturated carbocycles. The molecule has 0 aliphatic carbocycles. The summed E-state index contributed by atoms with van der Waals surface area (Å²) in [5.74, 6) is 6.08. The topological polar surface area (TPSA) is 55.4 Å². The summed E-state index contributed by atoms with van der Waals surface area (Å²) >= 11 is 2.07. The summed E-state index contributed by atoms with van der Waals surface area (Å²) in [5.41, 5.74) is 3.56. The molecule has 0 radical (unpaired) electrons. The molecular formula is C36H48O6S. The van der Waals surface area contributed by atoms with E-state index in [4.69, 9.17) is 28.4 Å². The maximum absolute atomic E-state index is 6.37. The first-order valence-electron chi connectivity index (χ1n) is 15.5. The largest absolute Gasteiger partial charge is 0.494 e. The van der Waals surface area contributed by atoms with Crippen LogP contribution in [0.4, 0.5) is 0 Å². The van der Waals surface area contributed by atoms with E-state index in [0.717, 1.165) is 42.3 Å². The van der Waals surface area contributed by atoms with E-state index in [2.05, 4.69) is 68.1 Å². The number of hydrogen-bond donors (Lipinski definition) is 0. The van der Waals surface area contributed by atoms with Crippen molar-refractivity contribution in [2.75, 3.05) is 52.5 Å². The van der Waals surface area contributed by atoms with Crippen molar-refractivity contribution in [3.8, 4) is 23.0 Å². The predicted molar refractivity (Wildman–Crippen MR) is 175 cm³/mol. The summed E-state index contributed by atoms with van der Waals surface area (Å²) in [6.45, 7) is 6.20. The van der Waals surface area contributed by atoms with E-state index in [1.54, 1.807) is 14.2 Å². The zero-order valence-corrected chi connectivity index (χ0v) is 27.1. The van der Waals surface area contributed by atoms with E-state index in [1.807, 2.05) is 24.3 Å². The lowest BCUT2D eigenvalue weighted by atomic mass is 9.66. The van der Waals surface area contributed by atoms with Crippen molar-refractivity contribution in [3.63, 3.8) is 0 Å². The van der Waals surface area contributed by atoms with Gasteiger partial charge in [-0.25, -0.2) is 0 Å². The van der Waals surface area contributed by atoms with Gasteiger partial charge in [0.1, 0.15) is 23.0 Å². The Morgan fingerprint density at radius 3 is 2.16 bits per heavy atom. The number of benzene rings is 3. The van der Waals surface area contributed by atoms with Gasteiger partial charge in [0.05, 0.1) is 13.2 Å². The van der Waals surface area contributed by atoms with E-state index in [-0.39, 0.29) is 24.9 Å². The number of hydrogen-bond acceptors (Lipinski definition) is 7. The van der Waals surface area contributed by atoms with Crippen LogP contribution in [0.3, 0.4) is 0 Å². The summed E-state index contributed by atoms with van der Waals surface area (Å²) in [7, 11) is 3.24. The van der Waals surface area contributed by atoms with Crippen LogP contribution in [-0.2, 0) is 21.3 Å². The van der Waals surface area contributed by atoms with Gasteiger partial charge in [0.2, 0.25) is 0 Å². The molecule has 1 heterocycles. The molecule has 43 heavy (non-hydrogen) atoms. The maximum atomic E-state index is 6.37. The molecule has 0 aromatic heterocycles. The third-order valence-corrected chi connectivity index (χ3v) is 9.24. The first-order chi connectivity index (χ1) is 21.1. The van der Waals surface area contributed by atoms with Crippen LogP contribution in [0.15, 0.2) is 66.7 Å². The number of fused-ring (bicyclic) bond motifs is 1. The Kier molecular flexibility index (Phi) is 13.4. The van der Waals surface area contributed by atoms with Gasteiger partial charge in [-0.15, -0.1) is 0 Å². The number of unbranched alkanes of at least 4 members (excludes halogenated alkanes) is 1. The fraction of sp³-hybridized carbons (Fsp3) is 0.500. The Morgan fingerprint density at radius 1 is 0.791 bits per heavy atom. The molecule has 2 unspecified atom stereocenters. The van der Waals surface area contributed by atoms with E-state index >= 15 is 0 Å². The third-order valence-electron chi connectivity index (χ3n) is 8.08. The van der Waals surface area contributed by atoms with E-state index in [0.29, 0.717) is 13.2 Å². The second kappa shape index (κ2) is 17.4. The molecular weight excluding hydrogens is 560 g/mol.